The largest absolute Gasteiger partial charge is 0.497 e. The first-order valence-electron chi connectivity index (χ1n) is 12.0. The first-order chi connectivity index (χ1) is 19.3. The number of ether oxygens (including phenoxy) is 1. The quantitative estimate of drug-likeness (QED) is 0.153. The van der Waals surface area contributed by atoms with E-state index in [0.717, 1.165) is 0 Å². The molecule has 40 heavy (non-hydrogen) atoms. The summed E-state index contributed by atoms with van der Waals surface area (Å²) in [5.41, 5.74) is 4.96. The molecular formula is C28H24N6O5S. The van der Waals surface area contributed by atoms with Gasteiger partial charge in [-0.15, -0.1) is 0 Å². The normalized spacial score (nSPS) is 11.1. The van der Waals surface area contributed by atoms with Gasteiger partial charge in [0.1, 0.15) is 5.75 Å². The number of benzene rings is 4. The Balaban J connectivity index is 1.38. The number of nitrogens with zero attached hydrogens (tertiary/aromatic N) is 2. The lowest BCUT2D eigenvalue weighted by Gasteiger charge is -2.14. The first kappa shape index (κ1) is 26.4. The van der Waals surface area contributed by atoms with E-state index in [9.17, 15) is 13.2 Å². The molecule has 5 aromatic rings. The van der Waals surface area contributed by atoms with E-state index in [-0.39, 0.29) is 22.4 Å². The SMILES string of the molecule is COc1ccc(NC(=O)c2ccc(Nc3nc4ccccc4nc3NS(=O)(=O)c3ccc(NO)cc3)cc2)cc1. The molecule has 5 rings (SSSR count). The van der Waals surface area contributed by atoms with E-state index < -0.39 is 10.0 Å². The fraction of sp³-hybridized carbons (Fsp3) is 0.0357. The number of rotatable bonds is 9. The van der Waals surface area contributed by atoms with Crippen LogP contribution in [0.15, 0.2) is 102 Å². The van der Waals surface area contributed by atoms with Crippen molar-refractivity contribution < 1.29 is 23.2 Å². The average Bonchev–Trinajstić information content (AvgIpc) is 2.98. The molecule has 5 N–H and O–H groups in total. The molecule has 0 bridgehead atoms. The molecule has 1 heterocycles. The molecule has 0 radical (unpaired) electrons. The first-order valence-corrected chi connectivity index (χ1v) is 13.5. The van der Waals surface area contributed by atoms with E-state index in [4.69, 9.17) is 9.94 Å². The van der Waals surface area contributed by atoms with Gasteiger partial charge in [-0.2, -0.15) is 0 Å². The van der Waals surface area contributed by atoms with Crippen LogP contribution in [-0.2, 0) is 10.0 Å². The van der Waals surface area contributed by atoms with E-state index in [2.05, 4.69) is 25.3 Å². The fourth-order valence-electron chi connectivity index (χ4n) is 3.77. The maximum absolute atomic E-state index is 13.1. The van der Waals surface area contributed by atoms with Crippen LogP contribution in [0.3, 0.4) is 0 Å². The maximum Gasteiger partial charge on any atom is 0.263 e. The number of hydrogen-bond acceptors (Lipinski definition) is 9. The Hall–Kier alpha value is -5.20. The van der Waals surface area contributed by atoms with Crippen LogP contribution in [0.25, 0.3) is 11.0 Å². The van der Waals surface area contributed by atoms with Gasteiger partial charge in [0.15, 0.2) is 11.6 Å². The van der Waals surface area contributed by atoms with Crippen molar-refractivity contribution in [3.8, 4) is 5.75 Å². The van der Waals surface area contributed by atoms with Gasteiger partial charge in [0.05, 0.1) is 28.7 Å². The predicted molar refractivity (Wildman–Crippen MR) is 153 cm³/mol. The van der Waals surface area contributed by atoms with Gasteiger partial charge in [-0.1, -0.05) is 12.1 Å². The highest BCUT2D eigenvalue weighted by atomic mass is 32.2. The Morgan fingerprint density at radius 1 is 0.750 bits per heavy atom. The van der Waals surface area contributed by atoms with Gasteiger partial charge in [-0.3, -0.25) is 20.2 Å². The minimum Gasteiger partial charge on any atom is -0.497 e. The second-order valence-corrected chi connectivity index (χ2v) is 10.2. The number of carbonyl (C=O) groups is 1. The summed E-state index contributed by atoms with van der Waals surface area (Å²) in [7, 11) is -2.47. The third-order valence-corrected chi connectivity index (χ3v) is 7.21. The summed E-state index contributed by atoms with van der Waals surface area (Å²) < 4.78 is 33.8. The number of anilines is 5. The van der Waals surface area contributed by atoms with E-state index in [0.29, 0.717) is 39.4 Å². The highest BCUT2D eigenvalue weighted by molar-refractivity contribution is 7.92. The maximum atomic E-state index is 13.1. The average molecular weight is 557 g/mol. The van der Waals surface area contributed by atoms with E-state index in [1.165, 1.54) is 24.3 Å². The number of hydrogen-bond donors (Lipinski definition) is 5. The third kappa shape index (κ3) is 5.93. The summed E-state index contributed by atoms with van der Waals surface area (Å²) in [5, 5.41) is 14.9. The van der Waals surface area contributed by atoms with Crippen LogP contribution in [-0.4, -0.2) is 36.6 Å². The van der Waals surface area contributed by atoms with Crippen LogP contribution < -0.4 is 25.6 Å². The van der Waals surface area contributed by atoms with Crippen LogP contribution in [0.5, 0.6) is 5.75 Å². The molecule has 0 atom stereocenters. The number of fused-ring (bicyclic) bond motifs is 1. The van der Waals surface area contributed by atoms with Gasteiger partial charge in [-0.25, -0.2) is 18.4 Å². The molecule has 0 spiro atoms. The van der Waals surface area contributed by atoms with Crippen molar-refractivity contribution in [2.24, 2.45) is 0 Å². The van der Waals surface area contributed by atoms with Gasteiger partial charge < -0.3 is 15.4 Å². The molecule has 0 aliphatic carbocycles. The molecule has 12 heteroatoms. The van der Waals surface area contributed by atoms with E-state index in [1.54, 1.807) is 79.9 Å². The lowest BCUT2D eigenvalue weighted by Crippen LogP contribution is -2.16. The summed E-state index contributed by atoms with van der Waals surface area (Å²) >= 11 is 0. The van der Waals surface area contributed by atoms with Crippen molar-refractivity contribution in [2.75, 3.05) is 27.9 Å². The van der Waals surface area contributed by atoms with E-state index in [1.807, 2.05) is 5.48 Å². The molecule has 0 aliphatic rings. The Kier molecular flexibility index (Phi) is 7.44. The van der Waals surface area contributed by atoms with E-state index >= 15 is 0 Å². The summed E-state index contributed by atoms with van der Waals surface area (Å²) in [4.78, 5) is 21.7. The molecule has 0 aliphatic heterocycles. The molecule has 0 saturated heterocycles. The zero-order chi connectivity index (χ0) is 28.1. The van der Waals surface area contributed by atoms with Crippen LogP contribution in [0.4, 0.5) is 28.7 Å². The molecule has 11 nitrogen and oxygen atoms in total. The molecule has 1 amide bonds. The van der Waals surface area contributed by atoms with Crippen molar-refractivity contribution >= 4 is 55.7 Å². The van der Waals surface area contributed by atoms with Crippen molar-refractivity contribution in [3.05, 3.63) is 103 Å². The second-order valence-electron chi connectivity index (χ2n) is 8.54. The molecule has 1 aromatic heterocycles. The molecule has 0 saturated carbocycles. The summed E-state index contributed by atoms with van der Waals surface area (Å²) in [6, 6.07) is 26.2. The predicted octanol–water partition coefficient (Wildman–Crippen LogP) is 5.24. The van der Waals surface area contributed by atoms with Gasteiger partial charge in [0.2, 0.25) is 0 Å². The standard InChI is InChI=1S/C28H24N6O5S/c1-39-22-14-10-20(11-15-22)30-28(35)18-6-8-19(9-7-18)29-26-27(32-25-5-3-2-4-24(25)31-26)34-40(37,38)23-16-12-21(33-36)13-17-23/h2-17,33,36H,1H3,(H,29,31)(H,30,35)(H,32,34). The minimum atomic E-state index is -4.04. The number of sulfonamides is 1. The number of methoxy groups -OCH3 is 1. The summed E-state index contributed by atoms with van der Waals surface area (Å²) in [6.07, 6.45) is 0. The van der Waals surface area contributed by atoms with Gasteiger partial charge in [-0.05, 0) is 84.9 Å². The summed E-state index contributed by atoms with van der Waals surface area (Å²) in [5.74, 6) is 0.553. The molecule has 202 valence electrons. The number of aromatic nitrogens is 2. The fourth-order valence-corrected chi connectivity index (χ4v) is 4.78. The molecular weight excluding hydrogens is 532 g/mol. The third-order valence-electron chi connectivity index (χ3n) is 5.85. The topological polar surface area (TPSA) is 155 Å². The van der Waals surface area contributed by atoms with Gasteiger partial charge >= 0.3 is 0 Å². The zero-order valence-electron chi connectivity index (χ0n) is 21.1. The number of amides is 1. The zero-order valence-corrected chi connectivity index (χ0v) is 21.9. The van der Waals surface area contributed by atoms with Crippen LogP contribution in [0.1, 0.15) is 10.4 Å². The number of nitrogens with one attached hydrogen (secondary N) is 4. The molecule has 4 aromatic carbocycles. The minimum absolute atomic E-state index is 0.00983. The highest BCUT2D eigenvalue weighted by Gasteiger charge is 2.19. The Morgan fingerprint density at radius 2 is 1.32 bits per heavy atom. The smallest absolute Gasteiger partial charge is 0.263 e. The van der Waals surface area contributed by atoms with Crippen molar-refractivity contribution in [1.82, 2.24) is 9.97 Å². The number of carbonyl (C=O) groups excluding carboxylic acids is 1. The Morgan fingerprint density at radius 3 is 1.93 bits per heavy atom. The van der Waals surface area contributed by atoms with Crippen LogP contribution in [0, 0.1) is 0 Å². The van der Waals surface area contributed by atoms with Crippen LogP contribution >= 0.6 is 0 Å². The van der Waals surface area contributed by atoms with Gasteiger partial charge in [0, 0.05) is 16.9 Å². The van der Waals surface area contributed by atoms with Gasteiger partial charge in [0.25, 0.3) is 15.9 Å². The van der Waals surface area contributed by atoms with Crippen LogP contribution in [0.2, 0.25) is 0 Å². The Labute approximate surface area is 229 Å². The lowest BCUT2D eigenvalue weighted by molar-refractivity contribution is 0.102. The van der Waals surface area contributed by atoms with Crippen molar-refractivity contribution in [1.29, 1.82) is 0 Å². The summed E-state index contributed by atoms with van der Waals surface area (Å²) in [6.45, 7) is 0. The molecule has 0 unspecified atom stereocenters. The lowest BCUT2D eigenvalue weighted by atomic mass is 10.2. The number of para-hydroxylation sites is 2. The van der Waals surface area contributed by atoms with Crippen molar-refractivity contribution in [2.45, 2.75) is 4.90 Å². The highest BCUT2D eigenvalue weighted by Crippen LogP contribution is 2.28. The monoisotopic (exact) mass is 556 g/mol. The second kappa shape index (κ2) is 11.3. The Bertz CT molecular complexity index is 1760. The molecule has 0 fully saturated rings. The van der Waals surface area contributed by atoms with Crippen molar-refractivity contribution in [3.63, 3.8) is 0 Å².